The zero-order valence-corrected chi connectivity index (χ0v) is 14.0. The Hall–Kier alpha value is -2.83. The lowest BCUT2D eigenvalue weighted by Gasteiger charge is -2.35. The average molecular weight is 342 g/mol. The van der Waals surface area contributed by atoms with Crippen molar-refractivity contribution >= 4 is 11.8 Å². The predicted octanol–water partition coefficient (Wildman–Crippen LogP) is 1.45. The van der Waals surface area contributed by atoms with Gasteiger partial charge in [0.05, 0.1) is 17.7 Å². The Morgan fingerprint density at radius 3 is 2.48 bits per heavy atom. The molecule has 6 nitrogen and oxygen atoms in total. The summed E-state index contributed by atoms with van der Waals surface area (Å²) < 4.78 is 13.7. The van der Waals surface area contributed by atoms with Gasteiger partial charge in [-0.3, -0.25) is 9.59 Å². The molecule has 0 saturated carbocycles. The van der Waals surface area contributed by atoms with Crippen LogP contribution >= 0.6 is 0 Å². The molecule has 1 saturated heterocycles. The summed E-state index contributed by atoms with van der Waals surface area (Å²) in [6, 6.07) is 6.28. The number of carbonyl (C=O) groups is 2. The molecule has 130 valence electrons. The van der Waals surface area contributed by atoms with Crippen LogP contribution < -0.4 is 0 Å². The second-order valence-electron chi connectivity index (χ2n) is 5.96. The Kier molecular flexibility index (Phi) is 5.02. The Morgan fingerprint density at radius 2 is 1.80 bits per heavy atom. The SMILES string of the molecule is Cc1ncncc1C(=O)N1CCN(C(=O)Cc2ccccc2F)CC1. The van der Waals surface area contributed by atoms with Gasteiger partial charge in [0.25, 0.3) is 5.91 Å². The molecule has 0 unspecified atom stereocenters. The van der Waals surface area contributed by atoms with Crippen molar-refractivity contribution in [2.24, 2.45) is 0 Å². The number of amides is 2. The van der Waals surface area contributed by atoms with Gasteiger partial charge in [-0.2, -0.15) is 0 Å². The highest BCUT2D eigenvalue weighted by atomic mass is 19.1. The first-order valence-electron chi connectivity index (χ1n) is 8.13. The zero-order chi connectivity index (χ0) is 17.8. The van der Waals surface area contributed by atoms with Gasteiger partial charge in [0.2, 0.25) is 5.91 Å². The summed E-state index contributed by atoms with van der Waals surface area (Å²) in [7, 11) is 0. The number of aromatic nitrogens is 2. The zero-order valence-electron chi connectivity index (χ0n) is 14.0. The van der Waals surface area contributed by atoms with E-state index in [1.54, 1.807) is 34.9 Å². The van der Waals surface area contributed by atoms with Crippen molar-refractivity contribution in [2.75, 3.05) is 26.2 Å². The largest absolute Gasteiger partial charge is 0.339 e. The van der Waals surface area contributed by atoms with E-state index in [-0.39, 0.29) is 24.1 Å². The van der Waals surface area contributed by atoms with Crippen LogP contribution in [0.3, 0.4) is 0 Å². The van der Waals surface area contributed by atoms with Crippen LogP contribution in [0.15, 0.2) is 36.8 Å². The van der Waals surface area contributed by atoms with Crippen LogP contribution in [0.4, 0.5) is 4.39 Å². The van der Waals surface area contributed by atoms with E-state index in [0.29, 0.717) is 43.0 Å². The molecular weight excluding hydrogens is 323 g/mol. The van der Waals surface area contributed by atoms with Crippen LogP contribution in [0.1, 0.15) is 21.6 Å². The third-order valence-electron chi connectivity index (χ3n) is 4.36. The number of aryl methyl sites for hydroxylation is 1. The maximum atomic E-state index is 13.7. The summed E-state index contributed by atoms with van der Waals surface area (Å²) in [5.41, 5.74) is 1.51. The van der Waals surface area contributed by atoms with Gasteiger partial charge in [-0.1, -0.05) is 18.2 Å². The van der Waals surface area contributed by atoms with Crippen molar-refractivity contribution < 1.29 is 14.0 Å². The van der Waals surface area contributed by atoms with E-state index in [9.17, 15) is 14.0 Å². The number of piperazine rings is 1. The summed E-state index contributed by atoms with van der Waals surface area (Å²) in [6.45, 7) is 3.52. The average Bonchev–Trinajstić information content (AvgIpc) is 2.63. The normalized spacial score (nSPS) is 14.5. The van der Waals surface area contributed by atoms with Gasteiger partial charge in [0.1, 0.15) is 12.1 Å². The van der Waals surface area contributed by atoms with Gasteiger partial charge in [0, 0.05) is 32.4 Å². The fraction of sp³-hybridized carbons (Fsp3) is 0.333. The molecule has 0 aliphatic carbocycles. The van der Waals surface area contributed by atoms with Gasteiger partial charge in [-0.25, -0.2) is 14.4 Å². The molecule has 0 N–H and O–H groups in total. The molecule has 1 aliphatic rings. The molecule has 25 heavy (non-hydrogen) atoms. The Bertz CT molecular complexity index is 788. The van der Waals surface area contributed by atoms with Gasteiger partial charge in [0.15, 0.2) is 0 Å². The molecule has 0 spiro atoms. The fourth-order valence-corrected chi connectivity index (χ4v) is 2.85. The molecule has 0 atom stereocenters. The molecule has 7 heteroatoms. The Balaban J connectivity index is 1.58. The first-order valence-corrected chi connectivity index (χ1v) is 8.13. The minimum absolute atomic E-state index is 0.0340. The van der Waals surface area contributed by atoms with Gasteiger partial charge >= 0.3 is 0 Å². The van der Waals surface area contributed by atoms with E-state index < -0.39 is 0 Å². The molecule has 1 fully saturated rings. The lowest BCUT2D eigenvalue weighted by molar-refractivity contribution is -0.132. The smallest absolute Gasteiger partial charge is 0.257 e. The minimum Gasteiger partial charge on any atom is -0.339 e. The second kappa shape index (κ2) is 7.38. The van der Waals surface area contributed by atoms with Crippen molar-refractivity contribution in [3.05, 3.63) is 59.4 Å². The van der Waals surface area contributed by atoms with Crippen LogP contribution in [0.2, 0.25) is 0 Å². The quantitative estimate of drug-likeness (QED) is 0.847. The molecule has 2 amide bonds. The topological polar surface area (TPSA) is 66.4 Å². The molecule has 1 aromatic carbocycles. The lowest BCUT2D eigenvalue weighted by Crippen LogP contribution is -2.51. The molecule has 2 heterocycles. The second-order valence-corrected chi connectivity index (χ2v) is 5.96. The predicted molar refractivity (Wildman–Crippen MR) is 89.4 cm³/mol. The van der Waals surface area contributed by atoms with E-state index in [1.807, 2.05) is 0 Å². The summed E-state index contributed by atoms with van der Waals surface area (Å²) in [6.07, 6.45) is 2.96. The molecule has 2 aromatic rings. The first kappa shape index (κ1) is 17.0. The van der Waals surface area contributed by atoms with E-state index >= 15 is 0 Å². The first-order chi connectivity index (χ1) is 12.1. The highest BCUT2D eigenvalue weighted by Crippen LogP contribution is 2.13. The number of nitrogens with zero attached hydrogens (tertiary/aromatic N) is 4. The van der Waals surface area contributed by atoms with Crippen LogP contribution in [-0.4, -0.2) is 57.8 Å². The Morgan fingerprint density at radius 1 is 1.12 bits per heavy atom. The molecule has 1 aliphatic heterocycles. The Labute approximate surface area is 145 Å². The maximum absolute atomic E-state index is 13.7. The third-order valence-corrected chi connectivity index (χ3v) is 4.36. The van der Waals surface area contributed by atoms with Crippen molar-refractivity contribution in [3.63, 3.8) is 0 Å². The maximum Gasteiger partial charge on any atom is 0.257 e. The van der Waals surface area contributed by atoms with Crippen molar-refractivity contribution in [2.45, 2.75) is 13.3 Å². The van der Waals surface area contributed by atoms with E-state index in [4.69, 9.17) is 0 Å². The molecule has 0 radical (unpaired) electrons. The fourth-order valence-electron chi connectivity index (χ4n) is 2.85. The molecule has 1 aromatic heterocycles. The third kappa shape index (κ3) is 3.81. The number of benzene rings is 1. The van der Waals surface area contributed by atoms with E-state index in [2.05, 4.69) is 9.97 Å². The summed E-state index contributed by atoms with van der Waals surface area (Å²) in [5, 5.41) is 0. The number of hydrogen-bond acceptors (Lipinski definition) is 4. The summed E-state index contributed by atoms with van der Waals surface area (Å²) in [5.74, 6) is -0.625. The minimum atomic E-state index is -0.371. The highest BCUT2D eigenvalue weighted by Gasteiger charge is 2.26. The van der Waals surface area contributed by atoms with Crippen molar-refractivity contribution in [1.82, 2.24) is 19.8 Å². The highest BCUT2D eigenvalue weighted by molar-refractivity contribution is 5.95. The molecular formula is C18H19FN4O2. The summed E-state index contributed by atoms with van der Waals surface area (Å²) in [4.78, 5) is 36.2. The van der Waals surface area contributed by atoms with E-state index in [1.165, 1.54) is 18.6 Å². The van der Waals surface area contributed by atoms with Crippen LogP contribution in [0.5, 0.6) is 0 Å². The van der Waals surface area contributed by atoms with Crippen molar-refractivity contribution in [3.8, 4) is 0 Å². The van der Waals surface area contributed by atoms with Crippen molar-refractivity contribution in [1.29, 1.82) is 0 Å². The van der Waals surface area contributed by atoms with Crippen LogP contribution in [-0.2, 0) is 11.2 Å². The number of rotatable bonds is 3. The summed E-state index contributed by atoms with van der Waals surface area (Å²) >= 11 is 0. The molecule has 3 rings (SSSR count). The van der Waals surface area contributed by atoms with Crippen LogP contribution in [0.25, 0.3) is 0 Å². The lowest BCUT2D eigenvalue weighted by atomic mass is 10.1. The van der Waals surface area contributed by atoms with E-state index in [0.717, 1.165) is 0 Å². The van der Waals surface area contributed by atoms with Crippen LogP contribution in [0, 0.1) is 12.7 Å². The van der Waals surface area contributed by atoms with Gasteiger partial charge < -0.3 is 9.80 Å². The number of hydrogen-bond donors (Lipinski definition) is 0. The standard InChI is InChI=1S/C18H19FN4O2/c1-13-15(11-20-12-21-13)18(25)23-8-6-22(7-9-23)17(24)10-14-4-2-3-5-16(14)19/h2-5,11-12H,6-10H2,1H3. The van der Waals surface area contributed by atoms with Gasteiger partial charge in [-0.15, -0.1) is 0 Å². The number of halogens is 1. The molecule has 0 bridgehead atoms. The number of carbonyl (C=O) groups excluding carboxylic acids is 2. The van der Waals surface area contributed by atoms with Gasteiger partial charge in [-0.05, 0) is 18.6 Å². The monoisotopic (exact) mass is 342 g/mol.